The second-order valence-corrected chi connectivity index (χ2v) is 8.83. The van der Waals surface area contributed by atoms with Crippen LogP contribution in [0.25, 0.3) is 22.0 Å². The highest BCUT2D eigenvalue weighted by Gasteiger charge is 2.32. The summed E-state index contributed by atoms with van der Waals surface area (Å²) in [6.45, 7) is 3.21. The van der Waals surface area contributed by atoms with E-state index < -0.39 is 17.9 Å². The molecular weight excluding hydrogens is 494 g/mol. The van der Waals surface area contributed by atoms with E-state index in [-0.39, 0.29) is 6.10 Å². The van der Waals surface area contributed by atoms with Crippen LogP contribution < -0.4 is 15.0 Å². The van der Waals surface area contributed by atoms with Crippen molar-refractivity contribution in [1.82, 2.24) is 20.7 Å². The Labute approximate surface area is 209 Å². The third-order valence-corrected chi connectivity index (χ3v) is 6.14. The van der Waals surface area contributed by atoms with Crippen LogP contribution in [-0.4, -0.2) is 54.1 Å². The molecule has 12 heteroatoms. The number of alkyl halides is 3. The maximum Gasteiger partial charge on any atom is 0.573 e. The first-order valence-electron chi connectivity index (χ1n) is 11.8. The van der Waals surface area contributed by atoms with E-state index in [0.717, 1.165) is 65.8 Å². The van der Waals surface area contributed by atoms with Crippen LogP contribution in [0.1, 0.15) is 18.4 Å². The lowest BCUT2D eigenvalue weighted by Crippen LogP contribution is -2.52. The van der Waals surface area contributed by atoms with Crippen LogP contribution in [0.4, 0.5) is 23.2 Å². The van der Waals surface area contributed by atoms with Gasteiger partial charge in [-0.2, -0.15) is 5.10 Å². The summed E-state index contributed by atoms with van der Waals surface area (Å²) in [4.78, 5) is 2.26. The maximum absolute atomic E-state index is 13.8. The number of nitrogens with zero attached hydrogens (tertiary/aromatic N) is 3. The Morgan fingerprint density at radius 2 is 1.97 bits per heavy atom. The number of aromatic nitrogens is 3. The average Bonchev–Trinajstić information content (AvgIpc) is 3.52. The summed E-state index contributed by atoms with van der Waals surface area (Å²) in [5, 5.41) is 15.2. The van der Waals surface area contributed by atoms with Crippen LogP contribution in [0.3, 0.4) is 0 Å². The number of halogens is 4. The lowest BCUT2D eigenvalue weighted by atomic mass is 10.0. The molecule has 0 saturated carbocycles. The Hall–Kier alpha value is -3.64. The van der Waals surface area contributed by atoms with Gasteiger partial charge in [-0.05, 0) is 54.8 Å². The van der Waals surface area contributed by atoms with Gasteiger partial charge in [-0.3, -0.25) is 5.10 Å². The van der Waals surface area contributed by atoms with E-state index in [1.165, 1.54) is 6.07 Å². The van der Waals surface area contributed by atoms with Crippen LogP contribution >= 0.6 is 0 Å². The van der Waals surface area contributed by atoms with Crippen molar-refractivity contribution >= 4 is 16.6 Å². The van der Waals surface area contributed by atoms with Crippen LogP contribution in [0.5, 0.6) is 5.75 Å². The molecule has 2 aromatic heterocycles. The zero-order chi connectivity index (χ0) is 25.8. The number of ether oxygens (including phenoxy) is 2. The first-order chi connectivity index (χ1) is 17.9. The number of unbranched alkanes of at least 4 members (excludes halogenated alkanes) is 1. The minimum absolute atomic E-state index is 0.148. The summed E-state index contributed by atoms with van der Waals surface area (Å²) < 4.78 is 65.1. The Balaban J connectivity index is 1.01. The summed E-state index contributed by atoms with van der Waals surface area (Å²) in [5.41, 5.74) is 4.47. The molecule has 196 valence electrons. The molecular formula is C25H25F4N5O3. The minimum Gasteiger partial charge on any atom is -0.403 e. The fraction of sp³-hybridized carbons (Fsp3) is 0.360. The molecule has 3 heterocycles. The molecule has 0 bridgehead atoms. The Kier molecular flexibility index (Phi) is 7.28. The third-order valence-electron chi connectivity index (χ3n) is 6.14. The highest BCUT2D eigenvalue weighted by Crippen LogP contribution is 2.35. The zero-order valence-electron chi connectivity index (χ0n) is 19.7. The van der Waals surface area contributed by atoms with E-state index in [1.54, 1.807) is 12.5 Å². The highest BCUT2D eigenvalue weighted by atomic mass is 19.4. The number of nitrogens with one attached hydrogen (secondary N) is 2. The molecule has 0 unspecified atom stereocenters. The van der Waals surface area contributed by atoms with Gasteiger partial charge in [0.15, 0.2) is 11.6 Å². The van der Waals surface area contributed by atoms with Crippen molar-refractivity contribution in [3.05, 3.63) is 60.4 Å². The lowest BCUT2D eigenvalue weighted by Gasteiger charge is -2.41. The molecule has 1 aliphatic heterocycles. The zero-order valence-corrected chi connectivity index (χ0v) is 19.7. The summed E-state index contributed by atoms with van der Waals surface area (Å²) in [6, 6.07) is 7.56. The lowest BCUT2D eigenvalue weighted by molar-refractivity contribution is -0.275. The van der Waals surface area contributed by atoms with Gasteiger partial charge in [0.2, 0.25) is 0 Å². The number of benzene rings is 2. The number of aromatic amines is 1. The van der Waals surface area contributed by atoms with Crippen molar-refractivity contribution in [2.75, 3.05) is 31.1 Å². The SMILES string of the molecule is Fc1cc(CNCCCCOC2CN(c3cc(-c4cnoc4)cc4[nH]ncc34)C2)ccc1OC(F)(F)F. The van der Waals surface area contributed by atoms with Gasteiger partial charge < -0.3 is 24.2 Å². The van der Waals surface area contributed by atoms with Crippen molar-refractivity contribution in [3.8, 4) is 16.9 Å². The molecule has 0 spiro atoms. The second-order valence-electron chi connectivity index (χ2n) is 8.83. The van der Waals surface area contributed by atoms with Crippen molar-refractivity contribution in [1.29, 1.82) is 0 Å². The van der Waals surface area contributed by atoms with Crippen molar-refractivity contribution < 1.29 is 31.6 Å². The Morgan fingerprint density at radius 3 is 2.73 bits per heavy atom. The molecule has 1 saturated heterocycles. The topological polar surface area (TPSA) is 88.4 Å². The van der Waals surface area contributed by atoms with Gasteiger partial charge in [0.05, 0.1) is 24.0 Å². The molecule has 1 aliphatic rings. The van der Waals surface area contributed by atoms with Gasteiger partial charge in [-0.1, -0.05) is 11.2 Å². The second kappa shape index (κ2) is 10.8. The van der Waals surface area contributed by atoms with Gasteiger partial charge in [0.1, 0.15) is 6.26 Å². The molecule has 1 fully saturated rings. The highest BCUT2D eigenvalue weighted by molar-refractivity contribution is 5.96. The van der Waals surface area contributed by atoms with Crippen molar-refractivity contribution in [2.24, 2.45) is 0 Å². The van der Waals surface area contributed by atoms with E-state index in [2.05, 4.69) is 36.4 Å². The van der Waals surface area contributed by atoms with E-state index in [4.69, 9.17) is 9.26 Å². The van der Waals surface area contributed by atoms with Gasteiger partial charge in [-0.15, -0.1) is 13.2 Å². The monoisotopic (exact) mass is 519 g/mol. The van der Waals surface area contributed by atoms with E-state index >= 15 is 0 Å². The first-order valence-corrected chi connectivity index (χ1v) is 11.8. The molecule has 8 nitrogen and oxygen atoms in total. The van der Waals surface area contributed by atoms with E-state index in [0.29, 0.717) is 25.3 Å². The number of fused-ring (bicyclic) bond motifs is 1. The minimum atomic E-state index is -4.92. The van der Waals surface area contributed by atoms with Gasteiger partial charge in [0, 0.05) is 42.9 Å². The Bertz CT molecular complexity index is 1320. The predicted octanol–water partition coefficient (Wildman–Crippen LogP) is 5.03. The smallest absolute Gasteiger partial charge is 0.403 e. The van der Waals surface area contributed by atoms with E-state index in [1.807, 2.05) is 12.3 Å². The third kappa shape index (κ3) is 6.20. The molecule has 37 heavy (non-hydrogen) atoms. The molecule has 0 radical (unpaired) electrons. The van der Waals surface area contributed by atoms with E-state index in [9.17, 15) is 17.6 Å². The molecule has 2 N–H and O–H groups in total. The average molecular weight is 519 g/mol. The fourth-order valence-electron chi connectivity index (χ4n) is 4.25. The largest absolute Gasteiger partial charge is 0.573 e. The van der Waals surface area contributed by atoms with Crippen molar-refractivity contribution in [3.63, 3.8) is 0 Å². The molecule has 0 amide bonds. The number of hydrogen-bond donors (Lipinski definition) is 2. The van der Waals surface area contributed by atoms with Gasteiger partial charge in [-0.25, -0.2) is 4.39 Å². The fourth-order valence-corrected chi connectivity index (χ4v) is 4.25. The summed E-state index contributed by atoms with van der Waals surface area (Å²) in [5.74, 6) is -1.88. The van der Waals surface area contributed by atoms with Crippen LogP contribution in [0.15, 0.2) is 53.5 Å². The number of hydrogen-bond acceptors (Lipinski definition) is 7. The standard InChI is InChI=1S/C25H25F4N5O3/c26-21-7-16(3-4-24(21)37-25(27,28)29)10-30-5-1-2-6-35-19-13-34(14-19)23-9-17(18-11-32-36-15-18)8-22-20(23)12-31-33-22/h3-4,7-9,11-12,15,19,30H,1-2,5-6,10,13-14H2,(H,31,33). The summed E-state index contributed by atoms with van der Waals surface area (Å²) in [7, 11) is 0. The Morgan fingerprint density at radius 1 is 1.11 bits per heavy atom. The molecule has 0 aliphatic carbocycles. The predicted molar refractivity (Wildman–Crippen MR) is 128 cm³/mol. The van der Waals surface area contributed by atoms with Crippen LogP contribution in [-0.2, 0) is 11.3 Å². The quantitative estimate of drug-likeness (QED) is 0.212. The number of H-pyrrole nitrogens is 1. The summed E-state index contributed by atoms with van der Waals surface area (Å²) in [6.07, 6.45) is 2.04. The van der Waals surface area contributed by atoms with Crippen molar-refractivity contribution in [2.45, 2.75) is 31.9 Å². The maximum atomic E-state index is 13.8. The number of rotatable bonds is 11. The number of anilines is 1. The molecule has 0 atom stereocenters. The summed E-state index contributed by atoms with van der Waals surface area (Å²) >= 11 is 0. The molecule has 5 rings (SSSR count). The first kappa shape index (κ1) is 25.0. The molecule has 4 aromatic rings. The van der Waals surface area contributed by atoms with Gasteiger partial charge in [0.25, 0.3) is 0 Å². The van der Waals surface area contributed by atoms with Crippen LogP contribution in [0.2, 0.25) is 0 Å². The normalized spacial score (nSPS) is 14.3. The molecule has 2 aromatic carbocycles. The van der Waals surface area contributed by atoms with Gasteiger partial charge >= 0.3 is 6.36 Å². The van der Waals surface area contributed by atoms with Crippen LogP contribution in [0, 0.1) is 5.82 Å².